The van der Waals surface area contributed by atoms with Crippen molar-refractivity contribution in [2.45, 2.75) is 26.2 Å². The summed E-state index contributed by atoms with van der Waals surface area (Å²) >= 11 is 3.08. The molecule has 0 aliphatic rings. The highest BCUT2D eigenvalue weighted by molar-refractivity contribution is 9.10. The minimum atomic E-state index is -4.49. The Bertz CT molecular complexity index is 1110. The van der Waals surface area contributed by atoms with Crippen LogP contribution < -0.4 is 5.32 Å². The lowest BCUT2D eigenvalue weighted by molar-refractivity contribution is -0.390. The van der Waals surface area contributed by atoms with Crippen molar-refractivity contribution in [3.63, 3.8) is 0 Å². The predicted octanol–water partition coefficient (Wildman–Crippen LogP) is 3.24. The van der Waals surface area contributed by atoms with Gasteiger partial charge in [-0.2, -0.15) is 22.8 Å². The Morgan fingerprint density at radius 2 is 2.13 bits per heavy atom. The minimum absolute atomic E-state index is 0.0345. The first-order chi connectivity index (χ1) is 14.1. The summed E-state index contributed by atoms with van der Waals surface area (Å²) in [7, 11) is 0. The molecule has 0 saturated carbocycles. The molecule has 3 rings (SSSR count). The summed E-state index contributed by atoms with van der Waals surface area (Å²) in [6, 6.07) is 4.51. The molecule has 0 atom stereocenters. The number of rotatable bonds is 6. The smallest absolute Gasteiger partial charge is 0.358 e. The molecule has 1 aromatic carbocycles. The number of carbonyl (C=O) groups is 1. The fraction of sp³-hybridized carbons (Fsp3) is 0.250. The van der Waals surface area contributed by atoms with Crippen LogP contribution in [0, 0.1) is 17.0 Å². The Morgan fingerprint density at radius 1 is 1.40 bits per heavy atom. The van der Waals surface area contributed by atoms with Crippen molar-refractivity contribution < 1.29 is 27.4 Å². The predicted molar refractivity (Wildman–Crippen MR) is 97.3 cm³/mol. The van der Waals surface area contributed by atoms with Crippen LogP contribution in [0.5, 0.6) is 0 Å². The molecule has 2 heterocycles. The number of aromatic nitrogens is 4. The largest absolute Gasteiger partial charge is 0.416 e. The summed E-state index contributed by atoms with van der Waals surface area (Å²) in [5.41, 5.74) is -0.145. The molecule has 30 heavy (non-hydrogen) atoms. The molecular formula is C16H12BrF3N6O4. The standard InChI is InChI=1S/C16H12BrF3N6O4/c1-8-12(17)13(26(28)29)23-25(8)7-11-22-15(30-24-11)14(27)21-6-9-3-2-4-10(5-9)16(18,19)20/h2-5H,6-7H2,1H3,(H,21,27). The van der Waals surface area contributed by atoms with E-state index in [1.165, 1.54) is 16.8 Å². The average molecular weight is 489 g/mol. The molecule has 158 valence electrons. The van der Waals surface area contributed by atoms with Crippen LogP contribution in [0.25, 0.3) is 0 Å². The molecule has 14 heteroatoms. The van der Waals surface area contributed by atoms with Crippen molar-refractivity contribution in [2.75, 3.05) is 0 Å². The SMILES string of the molecule is Cc1c(Br)c([N+](=O)[O-])nn1Cc1noc(C(=O)NCc2cccc(C(F)(F)F)c2)n1. The normalized spacial score (nSPS) is 11.5. The van der Waals surface area contributed by atoms with Crippen LogP contribution >= 0.6 is 15.9 Å². The van der Waals surface area contributed by atoms with E-state index >= 15 is 0 Å². The molecule has 0 bridgehead atoms. The molecule has 1 N–H and O–H groups in total. The Balaban J connectivity index is 1.66. The fourth-order valence-electron chi connectivity index (χ4n) is 2.44. The minimum Gasteiger partial charge on any atom is -0.358 e. The van der Waals surface area contributed by atoms with Gasteiger partial charge in [-0.3, -0.25) is 4.79 Å². The summed E-state index contributed by atoms with van der Waals surface area (Å²) in [6.07, 6.45) is -4.49. The Kier molecular flexibility index (Phi) is 5.87. The molecule has 0 spiro atoms. The van der Waals surface area contributed by atoms with Gasteiger partial charge >= 0.3 is 23.8 Å². The van der Waals surface area contributed by atoms with Gasteiger partial charge in [-0.05, 0) is 45.5 Å². The lowest BCUT2D eigenvalue weighted by atomic mass is 10.1. The van der Waals surface area contributed by atoms with Crippen molar-refractivity contribution in [3.8, 4) is 0 Å². The summed E-state index contributed by atoms with van der Waals surface area (Å²) in [6.45, 7) is 1.31. The molecule has 1 amide bonds. The lowest BCUT2D eigenvalue weighted by Gasteiger charge is -2.08. The number of benzene rings is 1. The molecule has 0 unspecified atom stereocenters. The maximum Gasteiger partial charge on any atom is 0.416 e. The van der Waals surface area contributed by atoms with Gasteiger partial charge < -0.3 is 20.0 Å². The van der Waals surface area contributed by atoms with Gasteiger partial charge in [0.2, 0.25) is 0 Å². The first-order valence-electron chi connectivity index (χ1n) is 8.20. The number of hydrogen-bond donors (Lipinski definition) is 1. The highest BCUT2D eigenvalue weighted by atomic mass is 79.9. The van der Waals surface area contributed by atoms with Crippen molar-refractivity contribution >= 4 is 27.7 Å². The van der Waals surface area contributed by atoms with Gasteiger partial charge in [0.05, 0.1) is 16.4 Å². The molecule has 0 aliphatic carbocycles. The fourth-order valence-corrected chi connectivity index (χ4v) is 2.87. The van der Waals surface area contributed by atoms with Crippen molar-refractivity contribution in [1.29, 1.82) is 0 Å². The van der Waals surface area contributed by atoms with Crippen LogP contribution in [0.2, 0.25) is 0 Å². The highest BCUT2D eigenvalue weighted by Crippen LogP contribution is 2.29. The van der Waals surface area contributed by atoms with E-state index < -0.39 is 28.5 Å². The molecule has 0 radical (unpaired) electrons. The van der Waals surface area contributed by atoms with Gasteiger partial charge in [-0.1, -0.05) is 17.3 Å². The van der Waals surface area contributed by atoms with Crippen LogP contribution in [0.4, 0.5) is 19.0 Å². The van der Waals surface area contributed by atoms with E-state index in [1.807, 2.05) is 0 Å². The molecule has 2 aromatic heterocycles. The summed E-state index contributed by atoms with van der Waals surface area (Å²) < 4.78 is 44.5. The van der Waals surface area contributed by atoms with E-state index in [-0.39, 0.29) is 34.8 Å². The zero-order valence-electron chi connectivity index (χ0n) is 15.1. The molecule has 0 saturated heterocycles. The van der Waals surface area contributed by atoms with Crippen molar-refractivity contribution in [2.24, 2.45) is 0 Å². The van der Waals surface area contributed by atoms with E-state index in [4.69, 9.17) is 4.52 Å². The lowest BCUT2D eigenvalue weighted by Crippen LogP contribution is -2.23. The maximum absolute atomic E-state index is 12.7. The summed E-state index contributed by atoms with van der Waals surface area (Å²) in [5.74, 6) is -1.53. The molecule has 0 fully saturated rings. The van der Waals surface area contributed by atoms with Crippen LogP contribution in [0.1, 0.15) is 33.3 Å². The molecule has 0 aliphatic heterocycles. The van der Waals surface area contributed by atoms with E-state index in [2.05, 4.69) is 36.5 Å². The molecule has 10 nitrogen and oxygen atoms in total. The Morgan fingerprint density at radius 3 is 2.77 bits per heavy atom. The maximum atomic E-state index is 12.7. The summed E-state index contributed by atoms with van der Waals surface area (Å²) in [5, 5.41) is 20.8. The number of carbonyl (C=O) groups excluding carboxylic acids is 1. The quantitative estimate of drug-likeness (QED) is 0.416. The second-order valence-corrected chi connectivity index (χ2v) is 6.83. The van der Waals surface area contributed by atoms with Crippen LogP contribution in [-0.2, 0) is 19.3 Å². The van der Waals surface area contributed by atoms with Gasteiger partial charge in [0.25, 0.3) is 0 Å². The highest BCUT2D eigenvalue weighted by Gasteiger charge is 2.30. The number of halogens is 4. The zero-order valence-corrected chi connectivity index (χ0v) is 16.7. The number of nitrogens with zero attached hydrogens (tertiary/aromatic N) is 5. The number of nitro groups is 1. The van der Waals surface area contributed by atoms with E-state index in [0.29, 0.717) is 5.69 Å². The third kappa shape index (κ3) is 4.64. The van der Waals surface area contributed by atoms with Crippen molar-refractivity contribution in [3.05, 3.63) is 67.4 Å². The van der Waals surface area contributed by atoms with Gasteiger partial charge in [0.15, 0.2) is 5.82 Å². The van der Waals surface area contributed by atoms with Gasteiger partial charge in [0, 0.05) is 6.54 Å². The van der Waals surface area contributed by atoms with E-state index in [0.717, 1.165) is 12.1 Å². The van der Waals surface area contributed by atoms with E-state index in [1.54, 1.807) is 6.92 Å². The zero-order chi connectivity index (χ0) is 22.1. The van der Waals surface area contributed by atoms with Crippen LogP contribution in [-0.4, -0.2) is 30.8 Å². The second-order valence-electron chi connectivity index (χ2n) is 6.03. The van der Waals surface area contributed by atoms with Gasteiger partial charge in [-0.15, -0.1) is 0 Å². The first-order valence-corrected chi connectivity index (χ1v) is 8.99. The Labute approximate surface area is 174 Å². The number of nitrogens with one attached hydrogen (secondary N) is 1. The van der Waals surface area contributed by atoms with Crippen molar-refractivity contribution in [1.82, 2.24) is 25.2 Å². The third-order valence-electron chi connectivity index (χ3n) is 3.95. The molecular weight excluding hydrogens is 477 g/mol. The molecule has 3 aromatic rings. The third-order valence-corrected chi connectivity index (χ3v) is 4.88. The monoisotopic (exact) mass is 488 g/mol. The number of alkyl halides is 3. The average Bonchev–Trinajstić information content (AvgIpc) is 3.26. The number of amides is 1. The van der Waals surface area contributed by atoms with E-state index in [9.17, 15) is 28.1 Å². The topological polar surface area (TPSA) is 129 Å². The first kappa shape index (κ1) is 21.4. The second kappa shape index (κ2) is 8.22. The van der Waals surface area contributed by atoms with Gasteiger partial charge in [-0.25, -0.2) is 0 Å². The Hall–Kier alpha value is -3.29. The number of hydrogen-bond acceptors (Lipinski definition) is 7. The van der Waals surface area contributed by atoms with Gasteiger partial charge in [0.1, 0.15) is 11.0 Å². The summed E-state index contributed by atoms with van der Waals surface area (Å²) in [4.78, 5) is 26.3. The van der Waals surface area contributed by atoms with Crippen LogP contribution in [0.3, 0.4) is 0 Å². The van der Waals surface area contributed by atoms with Crippen LogP contribution in [0.15, 0.2) is 33.3 Å².